The maximum absolute atomic E-state index is 5.50. The van der Waals surface area contributed by atoms with E-state index in [2.05, 4.69) is 55.3 Å². The Hall–Kier alpha value is -1.74. The zero-order valence-electron chi connectivity index (χ0n) is 22.0. The molecule has 5 atom stereocenters. The van der Waals surface area contributed by atoms with Crippen molar-refractivity contribution in [2.24, 2.45) is 17.3 Å². The standard InChI is InChI=1S/C31H46N2O/c1-21-19-23(22(2)33-21)9-7-5-6-8-18-32-30-15-14-29-28-12-10-24-20-25(34-4)11-13-26(24)27(28)16-17-31(29,30)3/h11,13,19-20,27-30,32-33H,5-10,12,14-18H2,1-4H3/t27-,28-,29+,30?,31+/m1/s1. The lowest BCUT2D eigenvalue weighted by molar-refractivity contribution is 0.0412. The molecule has 2 fully saturated rings. The molecule has 0 spiro atoms. The molecule has 0 radical (unpaired) electrons. The molecule has 2 N–H and O–H groups in total. The minimum Gasteiger partial charge on any atom is -0.497 e. The summed E-state index contributed by atoms with van der Waals surface area (Å²) in [4.78, 5) is 3.44. The number of hydrogen-bond acceptors (Lipinski definition) is 2. The first-order valence-electron chi connectivity index (χ1n) is 14.0. The van der Waals surface area contributed by atoms with Gasteiger partial charge in [-0.3, -0.25) is 0 Å². The molecule has 0 bridgehead atoms. The molecule has 3 aliphatic rings. The monoisotopic (exact) mass is 462 g/mol. The summed E-state index contributed by atoms with van der Waals surface area (Å²) in [6.07, 6.45) is 14.7. The summed E-state index contributed by atoms with van der Waals surface area (Å²) < 4.78 is 5.50. The van der Waals surface area contributed by atoms with Crippen molar-refractivity contribution in [3.8, 4) is 5.75 Å². The number of rotatable bonds is 9. The molecule has 5 rings (SSSR count). The average Bonchev–Trinajstić information content (AvgIpc) is 3.35. The van der Waals surface area contributed by atoms with E-state index in [0.29, 0.717) is 5.41 Å². The van der Waals surface area contributed by atoms with E-state index >= 15 is 0 Å². The third kappa shape index (κ3) is 4.57. The van der Waals surface area contributed by atoms with Crippen LogP contribution in [0.15, 0.2) is 24.3 Å². The Bertz CT molecular complexity index is 978. The molecule has 1 unspecified atom stereocenters. The van der Waals surface area contributed by atoms with Crippen molar-refractivity contribution in [1.29, 1.82) is 0 Å². The molecule has 1 aromatic heterocycles. The number of H-pyrrole nitrogens is 1. The fraction of sp³-hybridized carbons (Fsp3) is 0.677. The quantitative estimate of drug-likeness (QED) is 0.385. The molecule has 0 aliphatic heterocycles. The van der Waals surface area contributed by atoms with Gasteiger partial charge in [-0.15, -0.1) is 0 Å². The molecule has 1 heterocycles. The van der Waals surface area contributed by atoms with Crippen molar-refractivity contribution in [1.82, 2.24) is 10.3 Å². The minimum atomic E-state index is 0.495. The minimum absolute atomic E-state index is 0.495. The number of aromatic nitrogens is 1. The zero-order chi connectivity index (χ0) is 23.7. The summed E-state index contributed by atoms with van der Waals surface area (Å²) in [7, 11) is 1.79. The number of ether oxygens (including phenoxy) is 1. The van der Waals surface area contributed by atoms with Gasteiger partial charge in [-0.2, -0.15) is 0 Å². The van der Waals surface area contributed by atoms with Crippen LogP contribution < -0.4 is 10.1 Å². The van der Waals surface area contributed by atoms with Crippen LogP contribution in [-0.4, -0.2) is 24.7 Å². The third-order valence-electron chi connectivity index (χ3n) is 9.95. The first kappa shape index (κ1) is 24.0. The fourth-order valence-corrected chi connectivity index (χ4v) is 8.13. The van der Waals surface area contributed by atoms with Crippen LogP contribution in [0.5, 0.6) is 5.75 Å². The number of nitrogens with one attached hydrogen (secondary N) is 2. The van der Waals surface area contributed by atoms with Crippen molar-refractivity contribution in [2.75, 3.05) is 13.7 Å². The predicted octanol–water partition coefficient (Wildman–Crippen LogP) is 7.26. The molecule has 3 aliphatic carbocycles. The molecule has 0 saturated heterocycles. The van der Waals surface area contributed by atoms with E-state index < -0.39 is 0 Å². The van der Waals surface area contributed by atoms with Crippen molar-refractivity contribution < 1.29 is 4.74 Å². The lowest BCUT2D eigenvalue weighted by Gasteiger charge is -2.51. The van der Waals surface area contributed by atoms with Gasteiger partial charge < -0.3 is 15.0 Å². The molecular weight excluding hydrogens is 416 g/mol. The predicted molar refractivity (Wildman–Crippen MR) is 142 cm³/mol. The van der Waals surface area contributed by atoms with Gasteiger partial charge in [0.2, 0.25) is 0 Å². The largest absolute Gasteiger partial charge is 0.497 e. The van der Waals surface area contributed by atoms with E-state index in [0.717, 1.165) is 29.5 Å². The topological polar surface area (TPSA) is 37.0 Å². The number of aromatic amines is 1. The van der Waals surface area contributed by atoms with Gasteiger partial charge in [-0.25, -0.2) is 0 Å². The van der Waals surface area contributed by atoms with Gasteiger partial charge in [-0.05, 0) is 136 Å². The van der Waals surface area contributed by atoms with Gasteiger partial charge in [0.05, 0.1) is 7.11 Å². The Morgan fingerprint density at radius 3 is 2.68 bits per heavy atom. The van der Waals surface area contributed by atoms with Crippen LogP contribution in [0.2, 0.25) is 0 Å². The number of aryl methyl sites for hydroxylation is 4. The molecule has 2 saturated carbocycles. The van der Waals surface area contributed by atoms with Crippen LogP contribution in [0, 0.1) is 31.1 Å². The highest BCUT2D eigenvalue weighted by atomic mass is 16.5. The second kappa shape index (κ2) is 10.1. The first-order valence-corrected chi connectivity index (χ1v) is 14.0. The van der Waals surface area contributed by atoms with Crippen LogP contribution in [0.25, 0.3) is 0 Å². The Morgan fingerprint density at radius 1 is 1.03 bits per heavy atom. The van der Waals surface area contributed by atoms with E-state index in [1.807, 2.05) is 0 Å². The second-order valence-electron chi connectivity index (χ2n) is 11.9. The number of fused-ring (bicyclic) bond motifs is 5. The number of methoxy groups -OCH3 is 1. The summed E-state index contributed by atoms with van der Waals surface area (Å²) in [5.41, 5.74) is 7.86. The number of hydrogen-bond donors (Lipinski definition) is 2. The maximum atomic E-state index is 5.50. The third-order valence-corrected chi connectivity index (χ3v) is 9.95. The summed E-state index contributed by atoms with van der Waals surface area (Å²) >= 11 is 0. The summed E-state index contributed by atoms with van der Waals surface area (Å²) in [5, 5.41) is 4.05. The van der Waals surface area contributed by atoms with Gasteiger partial charge in [0.25, 0.3) is 0 Å². The first-order chi connectivity index (χ1) is 16.5. The molecule has 2 aromatic rings. The molecule has 3 heteroatoms. The highest BCUT2D eigenvalue weighted by Crippen LogP contribution is 2.61. The summed E-state index contributed by atoms with van der Waals surface area (Å²) in [5.74, 6) is 3.58. The van der Waals surface area contributed by atoms with Gasteiger partial charge >= 0.3 is 0 Å². The number of benzene rings is 1. The Labute approximate surface area is 207 Å². The smallest absolute Gasteiger partial charge is 0.119 e. The zero-order valence-corrected chi connectivity index (χ0v) is 22.0. The second-order valence-corrected chi connectivity index (χ2v) is 11.9. The van der Waals surface area contributed by atoms with Gasteiger partial charge in [0.15, 0.2) is 0 Å². The van der Waals surface area contributed by atoms with Crippen LogP contribution >= 0.6 is 0 Å². The van der Waals surface area contributed by atoms with Crippen molar-refractivity contribution in [3.05, 3.63) is 52.3 Å². The lowest BCUT2D eigenvalue weighted by atomic mass is 9.55. The van der Waals surface area contributed by atoms with Crippen LogP contribution in [-0.2, 0) is 12.8 Å². The summed E-state index contributed by atoms with van der Waals surface area (Å²) in [6.45, 7) is 8.20. The van der Waals surface area contributed by atoms with Gasteiger partial charge in [-0.1, -0.05) is 25.8 Å². The molecule has 0 amide bonds. The van der Waals surface area contributed by atoms with Crippen LogP contribution in [0.1, 0.15) is 98.7 Å². The van der Waals surface area contributed by atoms with Crippen molar-refractivity contribution >= 4 is 0 Å². The SMILES string of the molecule is COc1ccc2c(c1)CC[C@@H]1[C@@H]2CC[C@]2(C)C(NCCCCCCc3cc(C)[nH]c3C)CC[C@@H]12. The van der Waals surface area contributed by atoms with Crippen molar-refractivity contribution in [3.63, 3.8) is 0 Å². The van der Waals surface area contributed by atoms with Crippen LogP contribution in [0.4, 0.5) is 0 Å². The fourth-order valence-electron chi connectivity index (χ4n) is 8.13. The van der Waals surface area contributed by atoms with Gasteiger partial charge in [0, 0.05) is 17.4 Å². The molecule has 3 nitrogen and oxygen atoms in total. The average molecular weight is 463 g/mol. The van der Waals surface area contributed by atoms with Crippen molar-refractivity contribution in [2.45, 2.75) is 103 Å². The molecule has 34 heavy (non-hydrogen) atoms. The van der Waals surface area contributed by atoms with E-state index in [-0.39, 0.29) is 0 Å². The molecule has 186 valence electrons. The highest BCUT2D eigenvalue weighted by Gasteiger charge is 2.54. The van der Waals surface area contributed by atoms with E-state index in [9.17, 15) is 0 Å². The van der Waals surface area contributed by atoms with E-state index in [4.69, 9.17) is 4.74 Å². The Morgan fingerprint density at radius 2 is 1.88 bits per heavy atom. The molecular formula is C31H46N2O. The lowest BCUT2D eigenvalue weighted by Crippen LogP contribution is -2.48. The van der Waals surface area contributed by atoms with Gasteiger partial charge in [0.1, 0.15) is 5.75 Å². The number of unbranched alkanes of at least 4 members (excludes halogenated alkanes) is 3. The Kier molecular flexibility index (Phi) is 7.12. The normalized spacial score (nSPS) is 30.0. The van der Waals surface area contributed by atoms with E-state index in [1.54, 1.807) is 18.2 Å². The molecule has 1 aromatic carbocycles. The highest BCUT2D eigenvalue weighted by molar-refractivity contribution is 5.40. The van der Waals surface area contributed by atoms with E-state index in [1.165, 1.54) is 94.1 Å². The maximum Gasteiger partial charge on any atom is 0.119 e. The van der Waals surface area contributed by atoms with Crippen LogP contribution in [0.3, 0.4) is 0 Å². The Balaban J connectivity index is 1.09. The summed E-state index contributed by atoms with van der Waals surface area (Å²) in [6, 6.07) is 9.93.